The van der Waals surface area contributed by atoms with Gasteiger partial charge in [0.25, 0.3) is 0 Å². The highest BCUT2D eigenvalue weighted by atomic mass is 16.3. The minimum atomic E-state index is 0.0629. The van der Waals surface area contributed by atoms with Crippen LogP contribution in [-0.2, 0) is 6.61 Å². The first-order chi connectivity index (χ1) is 13.0. The molecule has 3 N–H and O–H groups in total. The lowest BCUT2D eigenvalue weighted by Crippen LogP contribution is -2.68. The molecule has 0 radical (unpaired) electrons. The highest BCUT2D eigenvalue weighted by molar-refractivity contribution is 5.63. The predicted molar refractivity (Wildman–Crippen MR) is 106 cm³/mol. The summed E-state index contributed by atoms with van der Waals surface area (Å²) in [4.78, 5) is 9.38. The summed E-state index contributed by atoms with van der Waals surface area (Å²) in [5.74, 6) is 1.46. The first kappa shape index (κ1) is 16.7. The van der Waals surface area contributed by atoms with Gasteiger partial charge in [0.1, 0.15) is 11.5 Å². The van der Waals surface area contributed by atoms with E-state index in [-0.39, 0.29) is 12.1 Å². The molecule has 5 rings (SSSR count). The average Bonchev–Trinajstić information content (AvgIpc) is 3.44. The van der Waals surface area contributed by atoms with Crippen LogP contribution in [0, 0.1) is 0 Å². The minimum absolute atomic E-state index is 0.0629. The Morgan fingerprint density at radius 1 is 1.33 bits per heavy atom. The van der Waals surface area contributed by atoms with Crippen molar-refractivity contribution in [2.24, 2.45) is 0 Å². The van der Waals surface area contributed by atoms with E-state index in [2.05, 4.69) is 40.1 Å². The van der Waals surface area contributed by atoms with Crippen molar-refractivity contribution in [3.63, 3.8) is 0 Å². The zero-order chi connectivity index (χ0) is 18.6. The second-order valence-electron chi connectivity index (χ2n) is 8.27. The van der Waals surface area contributed by atoms with Gasteiger partial charge in [-0.1, -0.05) is 6.07 Å². The summed E-state index contributed by atoms with van der Waals surface area (Å²) < 4.78 is 2.10. The van der Waals surface area contributed by atoms with Gasteiger partial charge < -0.3 is 15.7 Å². The summed E-state index contributed by atoms with van der Waals surface area (Å²) in [7, 11) is 0. The van der Waals surface area contributed by atoms with Crippen molar-refractivity contribution >= 4 is 11.5 Å². The molecular formula is C21H25N5O. The van der Waals surface area contributed by atoms with E-state index in [1.165, 1.54) is 18.4 Å². The number of aliphatic hydroxyl groups excluding tert-OH is 1. The van der Waals surface area contributed by atoms with Gasteiger partial charge in [-0.15, -0.1) is 0 Å². The number of aromatic nitrogens is 3. The third-order valence-electron chi connectivity index (χ3n) is 5.92. The summed E-state index contributed by atoms with van der Waals surface area (Å²) in [6.07, 6.45) is 6.41. The van der Waals surface area contributed by atoms with Crippen LogP contribution in [0.3, 0.4) is 0 Å². The van der Waals surface area contributed by atoms with E-state index in [1.807, 2.05) is 30.5 Å². The van der Waals surface area contributed by atoms with Crippen molar-refractivity contribution in [3.05, 3.63) is 47.8 Å². The van der Waals surface area contributed by atoms with Gasteiger partial charge in [-0.05, 0) is 61.9 Å². The summed E-state index contributed by atoms with van der Waals surface area (Å²) >= 11 is 0. The fourth-order valence-corrected chi connectivity index (χ4v) is 3.85. The van der Waals surface area contributed by atoms with Crippen molar-refractivity contribution in [3.8, 4) is 11.4 Å². The Kier molecular flexibility index (Phi) is 3.74. The molecule has 2 aliphatic rings. The summed E-state index contributed by atoms with van der Waals surface area (Å²) in [5.41, 5.74) is 5.04. The SMILES string of the molecule is CC1(C)NCC1Nc1cccc(-c2cnc3cc(CO)c(C4CC4)cn23)n1. The number of rotatable bonds is 5. The molecule has 3 aromatic rings. The highest BCUT2D eigenvalue weighted by Crippen LogP contribution is 2.42. The predicted octanol–water partition coefficient (Wildman–Crippen LogP) is 2.93. The van der Waals surface area contributed by atoms with E-state index in [1.54, 1.807) is 0 Å². The van der Waals surface area contributed by atoms with Crippen molar-refractivity contribution in [1.82, 2.24) is 19.7 Å². The third-order valence-corrected chi connectivity index (χ3v) is 5.92. The Bertz CT molecular complexity index is 1000. The molecule has 1 atom stereocenters. The molecule has 140 valence electrons. The monoisotopic (exact) mass is 363 g/mol. The second kappa shape index (κ2) is 6.04. The maximum Gasteiger partial charge on any atom is 0.137 e. The largest absolute Gasteiger partial charge is 0.392 e. The lowest BCUT2D eigenvalue weighted by molar-refractivity contribution is 0.227. The molecule has 1 aliphatic carbocycles. The van der Waals surface area contributed by atoms with Gasteiger partial charge >= 0.3 is 0 Å². The number of hydrogen-bond acceptors (Lipinski definition) is 5. The zero-order valence-corrected chi connectivity index (χ0v) is 15.7. The molecule has 0 aromatic carbocycles. The summed E-state index contributed by atoms with van der Waals surface area (Å²) in [6, 6.07) is 8.45. The lowest BCUT2D eigenvalue weighted by Gasteiger charge is -2.46. The Balaban J connectivity index is 1.52. The molecule has 6 nitrogen and oxygen atoms in total. The van der Waals surface area contributed by atoms with Gasteiger partial charge in [-0.3, -0.25) is 4.40 Å². The quantitative estimate of drug-likeness (QED) is 0.650. The van der Waals surface area contributed by atoms with Crippen molar-refractivity contribution < 1.29 is 5.11 Å². The van der Waals surface area contributed by atoms with E-state index in [0.717, 1.165) is 35.0 Å². The summed E-state index contributed by atoms with van der Waals surface area (Å²) in [6.45, 7) is 5.40. The van der Waals surface area contributed by atoms with Crippen LogP contribution >= 0.6 is 0 Å². The lowest BCUT2D eigenvalue weighted by atomic mass is 9.86. The van der Waals surface area contributed by atoms with Gasteiger partial charge in [-0.25, -0.2) is 9.97 Å². The van der Waals surface area contributed by atoms with E-state index in [9.17, 15) is 5.11 Å². The third kappa shape index (κ3) is 2.89. The number of fused-ring (bicyclic) bond motifs is 1. The Morgan fingerprint density at radius 2 is 2.19 bits per heavy atom. The van der Waals surface area contributed by atoms with Gasteiger partial charge in [0, 0.05) is 18.3 Å². The molecular weight excluding hydrogens is 338 g/mol. The van der Waals surface area contributed by atoms with Crippen molar-refractivity contribution in [1.29, 1.82) is 0 Å². The van der Waals surface area contributed by atoms with E-state index in [0.29, 0.717) is 12.0 Å². The van der Waals surface area contributed by atoms with Crippen LogP contribution in [-0.4, -0.2) is 37.6 Å². The maximum absolute atomic E-state index is 9.71. The van der Waals surface area contributed by atoms with Gasteiger partial charge in [0.15, 0.2) is 0 Å². The number of nitrogens with one attached hydrogen (secondary N) is 2. The van der Waals surface area contributed by atoms with Crippen LogP contribution in [0.25, 0.3) is 17.0 Å². The molecule has 27 heavy (non-hydrogen) atoms. The van der Waals surface area contributed by atoms with Gasteiger partial charge in [0.05, 0.1) is 30.2 Å². The molecule has 0 spiro atoms. The highest BCUT2D eigenvalue weighted by Gasteiger charge is 2.38. The van der Waals surface area contributed by atoms with Gasteiger partial charge in [-0.2, -0.15) is 0 Å². The number of anilines is 1. The number of hydrogen-bond donors (Lipinski definition) is 3. The second-order valence-corrected chi connectivity index (χ2v) is 8.27. The van der Waals surface area contributed by atoms with Crippen molar-refractivity contribution in [2.45, 2.75) is 50.8 Å². The average molecular weight is 363 g/mol. The molecule has 0 amide bonds. The normalized spacial score (nSPS) is 21.2. The topological polar surface area (TPSA) is 74.5 Å². The van der Waals surface area contributed by atoms with E-state index in [4.69, 9.17) is 4.98 Å². The molecule has 0 bridgehead atoms. The molecule has 1 aliphatic heterocycles. The Morgan fingerprint density at radius 3 is 2.85 bits per heavy atom. The Hall–Kier alpha value is -2.44. The fraction of sp³-hybridized carbons (Fsp3) is 0.429. The standard InChI is InChI=1S/C21H25N5O/c1-21(2)18(10-23-21)25-19-5-3-4-16(24-19)17-9-22-20-8-14(12-27)15(11-26(17)20)13-6-7-13/h3-5,8-9,11,13,18,23,27H,6-7,10,12H2,1-2H3,(H,24,25). The molecule has 3 aromatic heterocycles. The molecule has 1 saturated carbocycles. The Labute approximate surface area is 158 Å². The minimum Gasteiger partial charge on any atom is -0.392 e. The molecule has 6 heteroatoms. The molecule has 1 saturated heterocycles. The molecule has 1 unspecified atom stereocenters. The maximum atomic E-state index is 9.71. The number of imidazole rings is 1. The number of aliphatic hydroxyl groups is 1. The number of pyridine rings is 2. The zero-order valence-electron chi connectivity index (χ0n) is 15.7. The molecule has 2 fully saturated rings. The summed E-state index contributed by atoms with van der Waals surface area (Å²) in [5, 5.41) is 16.7. The van der Waals surface area contributed by atoms with Crippen LogP contribution in [0.5, 0.6) is 0 Å². The van der Waals surface area contributed by atoms with Crippen molar-refractivity contribution in [2.75, 3.05) is 11.9 Å². The first-order valence-electron chi connectivity index (χ1n) is 9.65. The van der Waals surface area contributed by atoms with Crippen LogP contribution < -0.4 is 10.6 Å². The fourth-order valence-electron chi connectivity index (χ4n) is 3.85. The number of nitrogens with zero attached hydrogens (tertiary/aromatic N) is 3. The molecule has 4 heterocycles. The van der Waals surface area contributed by atoms with E-state index >= 15 is 0 Å². The van der Waals surface area contributed by atoms with Crippen LogP contribution in [0.2, 0.25) is 0 Å². The van der Waals surface area contributed by atoms with Crippen LogP contribution in [0.15, 0.2) is 36.7 Å². The van der Waals surface area contributed by atoms with Gasteiger partial charge in [0.2, 0.25) is 0 Å². The van der Waals surface area contributed by atoms with Crippen LogP contribution in [0.4, 0.5) is 5.82 Å². The van der Waals surface area contributed by atoms with Crippen LogP contribution in [0.1, 0.15) is 43.7 Å². The first-order valence-corrected chi connectivity index (χ1v) is 9.65. The van der Waals surface area contributed by atoms with E-state index < -0.39 is 0 Å². The smallest absolute Gasteiger partial charge is 0.137 e.